The predicted octanol–water partition coefficient (Wildman–Crippen LogP) is 2.91. The number of amides is 2. The molecule has 6 nitrogen and oxygen atoms in total. The molecule has 2 amide bonds. The molecule has 0 aromatic carbocycles. The van der Waals surface area contributed by atoms with Crippen LogP contribution in [0.15, 0.2) is 18.5 Å². The molecule has 2 heterocycles. The van der Waals surface area contributed by atoms with Gasteiger partial charge in [0.2, 0.25) is 0 Å². The van der Waals surface area contributed by atoms with E-state index in [2.05, 4.69) is 10.3 Å². The van der Waals surface area contributed by atoms with E-state index in [0.717, 1.165) is 24.8 Å². The highest BCUT2D eigenvalue weighted by molar-refractivity contribution is 5.94. The molecule has 1 aromatic heterocycles. The van der Waals surface area contributed by atoms with Crippen molar-refractivity contribution < 1.29 is 14.3 Å². The van der Waals surface area contributed by atoms with Crippen molar-refractivity contribution in [2.24, 2.45) is 5.92 Å². The number of nitrogens with one attached hydrogen (secondary N) is 1. The van der Waals surface area contributed by atoms with E-state index in [-0.39, 0.29) is 24.1 Å². The Labute approximate surface area is 148 Å². The molecule has 0 radical (unpaired) electrons. The maximum Gasteiger partial charge on any atom is 0.410 e. The van der Waals surface area contributed by atoms with E-state index in [1.807, 2.05) is 38.7 Å². The first-order chi connectivity index (χ1) is 11.7. The predicted molar refractivity (Wildman–Crippen MR) is 94.3 cm³/mol. The average molecular weight is 345 g/mol. The number of pyridine rings is 1. The van der Waals surface area contributed by atoms with Gasteiger partial charge in [-0.25, -0.2) is 4.79 Å². The summed E-state index contributed by atoms with van der Waals surface area (Å²) in [5, 5.41) is 3.14. The number of nitrogens with zero attached hydrogens (tertiary/aromatic N) is 2. The van der Waals surface area contributed by atoms with Crippen molar-refractivity contribution in [2.75, 3.05) is 6.54 Å². The van der Waals surface area contributed by atoms with E-state index >= 15 is 0 Å². The molecule has 25 heavy (non-hydrogen) atoms. The Morgan fingerprint density at radius 2 is 2.00 bits per heavy atom. The van der Waals surface area contributed by atoms with Gasteiger partial charge in [-0.15, -0.1) is 0 Å². The van der Waals surface area contributed by atoms with Crippen LogP contribution < -0.4 is 5.32 Å². The molecule has 2 aliphatic rings. The highest BCUT2D eigenvalue weighted by atomic mass is 16.6. The van der Waals surface area contributed by atoms with Crippen LogP contribution in [0.4, 0.5) is 4.79 Å². The Bertz CT molecular complexity index is 668. The number of fused-ring (bicyclic) bond motifs is 1. The van der Waals surface area contributed by atoms with Crippen LogP contribution in [0.2, 0.25) is 0 Å². The number of carbonyl (C=O) groups excluding carboxylic acids is 2. The number of aryl methyl sites for hydroxylation is 1. The number of carbonyl (C=O) groups is 2. The lowest BCUT2D eigenvalue weighted by Gasteiger charge is -2.28. The molecule has 6 heteroatoms. The molecule has 2 fully saturated rings. The number of hydrogen-bond donors (Lipinski definition) is 1. The van der Waals surface area contributed by atoms with E-state index in [4.69, 9.17) is 4.74 Å². The summed E-state index contributed by atoms with van der Waals surface area (Å²) < 4.78 is 5.52. The van der Waals surface area contributed by atoms with Crippen LogP contribution in [-0.2, 0) is 4.74 Å². The number of aromatic nitrogens is 1. The summed E-state index contributed by atoms with van der Waals surface area (Å²) in [6, 6.07) is 2.11. The van der Waals surface area contributed by atoms with Crippen LogP contribution >= 0.6 is 0 Å². The zero-order valence-electron chi connectivity index (χ0n) is 15.4. The van der Waals surface area contributed by atoms with Gasteiger partial charge in [0.1, 0.15) is 5.60 Å². The fourth-order valence-electron chi connectivity index (χ4n) is 3.94. The molecule has 3 rings (SSSR count). The van der Waals surface area contributed by atoms with Crippen molar-refractivity contribution in [3.8, 4) is 0 Å². The minimum atomic E-state index is -0.487. The van der Waals surface area contributed by atoms with E-state index in [1.54, 1.807) is 12.4 Å². The number of likely N-dealkylation sites (tertiary alicyclic amines) is 1. The second-order valence-corrected chi connectivity index (χ2v) is 8.10. The summed E-state index contributed by atoms with van der Waals surface area (Å²) in [4.78, 5) is 30.8. The maximum absolute atomic E-state index is 12.5. The SMILES string of the molecule is Cc1cncc(C(=O)NC2CC[C@@H]3[C@H]2CCN3C(=O)OC(C)(C)C)c1. The van der Waals surface area contributed by atoms with Gasteiger partial charge >= 0.3 is 6.09 Å². The average Bonchev–Trinajstić information content (AvgIpc) is 3.08. The first-order valence-electron chi connectivity index (χ1n) is 8.97. The van der Waals surface area contributed by atoms with Crippen LogP contribution in [0.1, 0.15) is 56.0 Å². The van der Waals surface area contributed by atoms with Crippen LogP contribution in [0, 0.1) is 12.8 Å². The largest absolute Gasteiger partial charge is 0.444 e. The lowest BCUT2D eigenvalue weighted by molar-refractivity contribution is 0.0217. The number of rotatable bonds is 2. The Balaban J connectivity index is 1.62. The van der Waals surface area contributed by atoms with Gasteiger partial charge in [-0.1, -0.05) is 0 Å². The fraction of sp³-hybridized carbons (Fsp3) is 0.632. The Morgan fingerprint density at radius 1 is 1.24 bits per heavy atom. The van der Waals surface area contributed by atoms with E-state index in [1.165, 1.54) is 0 Å². The zero-order valence-corrected chi connectivity index (χ0v) is 15.4. The molecule has 1 unspecified atom stereocenters. The van der Waals surface area contributed by atoms with E-state index in [9.17, 15) is 9.59 Å². The van der Waals surface area contributed by atoms with Gasteiger partial charge < -0.3 is 15.0 Å². The molecule has 1 aromatic rings. The molecule has 1 aliphatic carbocycles. The smallest absolute Gasteiger partial charge is 0.410 e. The highest BCUT2D eigenvalue weighted by Gasteiger charge is 2.47. The molecule has 1 aliphatic heterocycles. The van der Waals surface area contributed by atoms with Crippen molar-refractivity contribution in [3.05, 3.63) is 29.6 Å². The summed E-state index contributed by atoms with van der Waals surface area (Å²) >= 11 is 0. The van der Waals surface area contributed by atoms with Gasteiger partial charge in [0.15, 0.2) is 0 Å². The first-order valence-corrected chi connectivity index (χ1v) is 8.97. The second kappa shape index (κ2) is 6.65. The van der Waals surface area contributed by atoms with E-state index < -0.39 is 5.60 Å². The summed E-state index contributed by atoms with van der Waals surface area (Å²) in [6.07, 6.45) is 5.78. The van der Waals surface area contributed by atoms with Gasteiger partial charge in [0, 0.05) is 36.9 Å². The molecular weight excluding hydrogens is 318 g/mol. The van der Waals surface area contributed by atoms with Crippen molar-refractivity contribution in [1.29, 1.82) is 0 Å². The number of ether oxygens (including phenoxy) is 1. The molecule has 1 saturated carbocycles. The van der Waals surface area contributed by atoms with Crippen molar-refractivity contribution >= 4 is 12.0 Å². The summed E-state index contributed by atoms with van der Waals surface area (Å²) in [7, 11) is 0. The molecule has 3 atom stereocenters. The lowest BCUT2D eigenvalue weighted by Crippen LogP contribution is -2.42. The Kier molecular flexibility index (Phi) is 4.71. The van der Waals surface area contributed by atoms with Gasteiger partial charge in [-0.3, -0.25) is 9.78 Å². The van der Waals surface area contributed by atoms with Crippen LogP contribution in [0.25, 0.3) is 0 Å². The molecule has 1 saturated heterocycles. The summed E-state index contributed by atoms with van der Waals surface area (Å²) in [6.45, 7) is 8.26. The Hall–Kier alpha value is -2.11. The summed E-state index contributed by atoms with van der Waals surface area (Å²) in [5.41, 5.74) is 1.07. The highest BCUT2D eigenvalue weighted by Crippen LogP contribution is 2.39. The third-order valence-electron chi connectivity index (χ3n) is 4.97. The maximum atomic E-state index is 12.5. The van der Waals surface area contributed by atoms with Gasteiger partial charge in [-0.2, -0.15) is 0 Å². The molecule has 0 bridgehead atoms. The van der Waals surface area contributed by atoms with Gasteiger partial charge in [-0.05, 0) is 58.6 Å². The third kappa shape index (κ3) is 3.94. The monoisotopic (exact) mass is 345 g/mol. The van der Waals surface area contributed by atoms with Gasteiger partial charge in [0.25, 0.3) is 5.91 Å². The molecule has 136 valence electrons. The van der Waals surface area contributed by atoms with Crippen molar-refractivity contribution in [1.82, 2.24) is 15.2 Å². The summed E-state index contributed by atoms with van der Waals surface area (Å²) in [5.74, 6) is 0.215. The van der Waals surface area contributed by atoms with E-state index in [0.29, 0.717) is 18.0 Å². The molecular formula is C19H27N3O3. The zero-order chi connectivity index (χ0) is 18.2. The second-order valence-electron chi connectivity index (χ2n) is 8.10. The minimum absolute atomic E-state index is 0.0856. The van der Waals surface area contributed by atoms with Crippen molar-refractivity contribution in [3.63, 3.8) is 0 Å². The molecule has 0 spiro atoms. The van der Waals surface area contributed by atoms with Crippen LogP contribution in [0.3, 0.4) is 0 Å². The quantitative estimate of drug-likeness (QED) is 0.894. The van der Waals surface area contributed by atoms with Crippen LogP contribution in [0.5, 0.6) is 0 Å². The topological polar surface area (TPSA) is 71.5 Å². The first kappa shape index (κ1) is 17.7. The molecule has 1 N–H and O–H groups in total. The normalized spacial score (nSPS) is 25.6. The third-order valence-corrected chi connectivity index (χ3v) is 4.97. The van der Waals surface area contributed by atoms with Gasteiger partial charge in [0.05, 0.1) is 5.56 Å². The standard InChI is InChI=1S/C19H27N3O3/c1-12-9-13(11-20-10-12)17(23)21-15-5-6-16-14(15)7-8-22(16)18(24)25-19(2,3)4/h9-11,14-16H,5-8H2,1-4H3,(H,21,23)/t14-,15?,16+/m0/s1. The fourth-order valence-corrected chi connectivity index (χ4v) is 3.94. The lowest BCUT2D eigenvalue weighted by atomic mass is 9.99. The number of hydrogen-bond acceptors (Lipinski definition) is 4. The minimum Gasteiger partial charge on any atom is -0.444 e. The Morgan fingerprint density at radius 3 is 2.68 bits per heavy atom. The van der Waals surface area contributed by atoms with Crippen molar-refractivity contribution in [2.45, 2.75) is 64.6 Å². The van der Waals surface area contributed by atoms with Crippen LogP contribution in [-0.4, -0.2) is 46.1 Å².